The second-order valence-electron chi connectivity index (χ2n) is 4.08. The van der Waals surface area contributed by atoms with Crippen LogP contribution >= 0.6 is 15.9 Å². The molecule has 0 radical (unpaired) electrons. The summed E-state index contributed by atoms with van der Waals surface area (Å²) < 4.78 is 6.43. The van der Waals surface area contributed by atoms with E-state index in [0.29, 0.717) is 17.9 Å². The fourth-order valence-electron chi connectivity index (χ4n) is 1.55. The van der Waals surface area contributed by atoms with Crippen LogP contribution in [0.15, 0.2) is 46.9 Å². The molecule has 0 amide bonds. The molecule has 0 saturated heterocycles. The quantitative estimate of drug-likeness (QED) is 0.793. The fraction of sp³-hybridized carbons (Fsp3) is 0.133. The molecule has 0 aliphatic heterocycles. The van der Waals surface area contributed by atoms with E-state index in [1.54, 1.807) is 6.07 Å². The predicted molar refractivity (Wildman–Crippen MR) is 75.0 cm³/mol. The highest BCUT2D eigenvalue weighted by atomic mass is 79.9. The van der Waals surface area contributed by atoms with Gasteiger partial charge in [-0.2, -0.15) is 0 Å². The third kappa shape index (κ3) is 3.20. The molecule has 2 nitrogen and oxygen atoms in total. The van der Waals surface area contributed by atoms with Gasteiger partial charge in [0.2, 0.25) is 0 Å². The zero-order valence-corrected chi connectivity index (χ0v) is 11.6. The van der Waals surface area contributed by atoms with Gasteiger partial charge in [-0.1, -0.05) is 45.8 Å². The molecule has 0 heterocycles. The van der Waals surface area contributed by atoms with Crippen molar-refractivity contribution in [2.45, 2.75) is 13.5 Å². The second-order valence-corrected chi connectivity index (χ2v) is 4.93. The van der Waals surface area contributed by atoms with Crippen molar-refractivity contribution in [1.29, 1.82) is 0 Å². The molecule has 0 aromatic heterocycles. The van der Waals surface area contributed by atoms with E-state index < -0.39 is 0 Å². The zero-order chi connectivity index (χ0) is 13.0. The normalized spacial score (nSPS) is 10.1. The molecular weight excluding hydrogens is 292 g/mol. The number of carbonyl (C=O) groups is 1. The van der Waals surface area contributed by atoms with Gasteiger partial charge in [-0.05, 0) is 30.7 Å². The third-order valence-electron chi connectivity index (χ3n) is 2.62. The van der Waals surface area contributed by atoms with Crippen LogP contribution in [0, 0.1) is 6.92 Å². The Morgan fingerprint density at radius 2 is 1.89 bits per heavy atom. The molecule has 0 aliphatic rings. The summed E-state index contributed by atoms with van der Waals surface area (Å²) in [6, 6.07) is 13.6. The number of carbonyl (C=O) groups excluding carboxylic acids is 1. The summed E-state index contributed by atoms with van der Waals surface area (Å²) in [6.07, 6.45) is 0.808. The van der Waals surface area contributed by atoms with Gasteiger partial charge in [-0.25, -0.2) is 0 Å². The van der Waals surface area contributed by atoms with Gasteiger partial charge in [0, 0.05) is 10.0 Å². The van der Waals surface area contributed by atoms with Gasteiger partial charge in [0.05, 0.1) is 0 Å². The van der Waals surface area contributed by atoms with Crippen LogP contribution in [0.1, 0.15) is 21.5 Å². The standard InChI is InChI=1S/C15H13BrO2/c1-11-2-4-12(5-3-11)10-18-14-6-7-15(16)13(8-14)9-17/h2-9H,10H2,1H3. The minimum absolute atomic E-state index is 0.500. The molecular formula is C15H13BrO2. The molecule has 0 atom stereocenters. The minimum atomic E-state index is 0.500. The molecule has 18 heavy (non-hydrogen) atoms. The highest BCUT2D eigenvalue weighted by Crippen LogP contribution is 2.21. The second kappa shape index (κ2) is 5.83. The predicted octanol–water partition coefficient (Wildman–Crippen LogP) is 4.15. The van der Waals surface area contributed by atoms with Crippen molar-refractivity contribution in [2.75, 3.05) is 0 Å². The SMILES string of the molecule is Cc1ccc(COc2ccc(Br)c(C=O)c2)cc1. The summed E-state index contributed by atoms with van der Waals surface area (Å²) >= 11 is 3.31. The zero-order valence-electron chi connectivity index (χ0n) is 10.0. The highest BCUT2D eigenvalue weighted by molar-refractivity contribution is 9.10. The smallest absolute Gasteiger partial charge is 0.151 e. The lowest BCUT2D eigenvalue weighted by atomic mass is 10.2. The molecule has 0 aliphatic carbocycles. The minimum Gasteiger partial charge on any atom is -0.489 e. The highest BCUT2D eigenvalue weighted by Gasteiger charge is 2.02. The maximum atomic E-state index is 10.8. The Morgan fingerprint density at radius 3 is 2.56 bits per heavy atom. The first-order valence-corrected chi connectivity index (χ1v) is 6.41. The Morgan fingerprint density at radius 1 is 1.17 bits per heavy atom. The van der Waals surface area contributed by atoms with Crippen molar-refractivity contribution in [3.63, 3.8) is 0 Å². The third-order valence-corrected chi connectivity index (χ3v) is 3.34. The molecule has 92 valence electrons. The van der Waals surface area contributed by atoms with Gasteiger partial charge in [-0.15, -0.1) is 0 Å². The Kier molecular flexibility index (Phi) is 4.15. The lowest BCUT2D eigenvalue weighted by molar-refractivity contribution is 0.112. The Labute approximate surface area is 115 Å². The maximum absolute atomic E-state index is 10.8. The molecule has 0 spiro atoms. The van der Waals surface area contributed by atoms with Gasteiger partial charge >= 0.3 is 0 Å². The monoisotopic (exact) mass is 304 g/mol. The van der Waals surface area contributed by atoms with Gasteiger partial charge in [0.25, 0.3) is 0 Å². The Hall–Kier alpha value is -1.61. The average Bonchev–Trinajstić information content (AvgIpc) is 2.39. The first kappa shape index (κ1) is 12.8. The molecule has 2 aromatic rings. The van der Waals surface area contributed by atoms with Crippen molar-refractivity contribution in [3.05, 3.63) is 63.6 Å². The van der Waals surface area contributed by atoms with Crippen LogP contribution in [0.2, 0.25) is 0 Å². The van der Waals surface area contributed by atoms with Crippen LogP contribution in [-0.4, -0.2) is 6.29 Å². The van der Waals surface area contributed by atoms with E-state index >= 15 is 0 Å². The fourth-order valence-corrected chi connectivity index (χ4v) is 1.89. The maximum Gasteiger partial charge on any atom is 0.151 e. The van der Waals surface area contributed by atoms with Crippen molar-refractivity contribution < 1.29 is 9.53 Å². The summed E-state index contributed by atoms with van der Waals surface area (Å²) in [5.41, 5.74) is 2.93. The lowest BCUT2D eigenvalue weighted by Gasteiger charge is -2.07. The number of hydrogen-bond donors (Lipinski definition) is 0. The molecule has 0 N–H and O–H groups in total. The van der Waals surface area contributed by atoms with E-state index in [9.17, 15) is 4.79 Å². The van der Waals surface area contributed by atoms with Crippen LogP contribution in [-0.2, 0) is 6.61 Å². The van der Waals surface area contributed by atoms with Gasteiger partial charge in [0.15, 0.2) is 6.29 Å². The first-order chi connectivity index (χ1) is 8.69. The molecule has 0 bridgehead atoms. The average molecular weight is 305 g/mol. The number of hydrogen-bond acceptors (Lipinski definition) is 2. The summed E-state index contributed by atoms with van der Waals surface area (Å²) in [5.74, 6) is 0.695. The first-order valence-electron chi connectivity index (χ1n) is 5.62. The van der Waals surface area contributed by atoms with Crippen LogP contribution in [0.25, 0.3) is 0 Å². The number of ether oxygens (including phenoxy) is 1. The molecule has 3 heteroatoms. The molecule has 0 unspecified atom stereocenters. The largest absolute Gasteiger partial charge is 0.489 e. The van der Waals surface area contributed by atoms with Gasteiger partial charge in [-0.3, -0.25) is 4.79 Å². The number of benzene rings is 2. The van der Waals surface area contributed by atoms with Crippen molar-refractivity contribution >= 4 is 22.2 Å². The van der Waals surface area contributed by atoms with Gasteiger partial charge < -0.3 is 4.74 Å². The molecule has 2 rings (SSSR count). The van der Waals surface area contributed by atoms with Crippen molar-refractivity contribution in [2.24, 2.45) is 0 Å². The van der Waals surface area contributed by atoms with Crippen molar-refractivity contribution in [1.82, 2.24) is 0 Å². The Bertz CT molecular complexity index is 547. The van der Waals surface area contributed by atoms with E-state index in [2.05, 4.69) is 35.0 Å². The van der Waals surface area contributed by atoms with E-state index in [-0.39, 0.29) is 0 Å². The van der Waals surface area contributed by atoms with Crippen LogP contribution in [0.4, 0.5) is 0 Å². The van der Waals surface area contributed by atoms with Gasteiger partial charge in [0.1, 0.15) is 12.4 Å². The van der Waals surface area contributed by atoms with Crippen molar-refractivity contribution in [3.8, 4) is 5.75 Å². The molecule has 2 aromatic carbocycles. The Balaban J connectivity index is 2.06. The van der Waals surface area contributed by atoms with Crippen LogP contribution < -0.4 is 4.74 Å². The molecule has 0 fully saturated rings. The number of aldehydes is 1. The number of halogens is 1. The van der Waals surface area contributed by atoms with E-state index in [1.165, 1.54) is 5.56 Å². The van der Waals surface area contributed by atoms with E-state index in [4.69, 9.17) is 4.74 Å². The van der Waals surface area contributed by atoms with E-state index in [1.807, 2.05) is 24.3 Å². The summed E-state index contributed by atoms with van der Waals surface area (Å²) in [6.45, 7) is 2.55. The van der Waals surface area contributed by atoms with E-state index in [0.717, 1.165) is 16.3 Å². The lowest BCUT2D eigenvalue weighted by Crippen LogP contribution is -1.96. The summed E-state index contributed by atoms with van der Waals surface area (Å²) in [5, 5.41) is 0. The van der Waals surface area contributed by atoms with Crippen LogP contribution in [0.3, 0.4) is 0 Å². The topological polar surface area (TPSA) is 26.3 Å². The number of rotatable bonds is 4. The number of aryl methyl sites for hydroxylation is 1. The summed E-state index contributed by atoms with van der Waals surface area (Å²) in [7, 11) is 0. The summed E-state index contributed by atoms with van der Waals surface area (Å²) in [4.78, 5) is 10.8. The van der Waals surface area contributed by atoms with Crippen LogP contribution in [0.5, 0.6) is 5.75 Å². The molecule has 0 saturated carbocycles.